The number of hydrogen-bond donors (Lipinski definition) is 1. The van der Waals surface area contributed by atoms with Gasteiger partial charge in [0.15, 0.2) is 0 Å². The van der Waals surface area contributed by atoms with Crippen molar-refractivity contribution in [3.05, 3.63) is 22.8 Å². The van der Waals surface area contributed by atoms with Gasteiger partial charge in [-0.3, -0.25) is 4.90 Å². The van der Waals surface area contributed by atoms with Crippen molar-refractivity contribution in [1.29, 1.82) is 0 Å². The largest absolute Gasteiger partial charge is 0.478 e. The highest BCUT2D eigenvalue weighted by Crippen LogP contribution is 2.27. The Kier molecular flexibility index (Phi) is 5.39. The number of pyridine rings is 1. The minimum absolute atomic E-state index is 0.108. The highest BCUT2D eigenvalue weighted by molar-refractivity contribution is 6.35. The van der Waals surface area contributed by atoms with E-state index in [4.69, 9.17) is 16.7 Å². The van der Waals surface area contributed by atoms with E-state index in [1.165, 1.54) is 12.3 Å². The molecule has 6 nitrogen and oxygen atoms in total. The Labute approximate surface area is 129 Å². The lowest BCUT2D eigenvalue weighted by atomic mass is 10.2. The predicted molar refractivity (Wildman–Crippen MR) is 83.4 cm³/mol. The number of aromatic carboxylic acids is 1. The zero-order valence-corrected chi connectivity index (χ0v) is 13.2. The van der Waals surface area contributed by atoms with E-state index in [1.807, 2.05) is 0 Å². The van der Waals surface area contributed by atoms with Gasteiger partial charge in [-0.2, -0.15) is 0 Å². The molecule has 7 heteroatoms. The third kappa shape index (κ3) is 4.06. The number of hydrogen-bond acceptors (Lipinski definition) is 5. The molecule has 0 aromatic carbocycles. The van der Waals surface area contributed by atoms with Crippen molar-refractivity contribution >= 4 is 23.4 Å². The Morgan fingerprint density at radius 3 is 2.62 bits per heavy atom. The number of rotatable bonds is 5. The summed E-state index contributed by atoms with van der Waals surface area (Å²) >= 11 is 6.17. The van der Waals surface area contributed by atoms with E-state index in [9.17, 15) is 4.79 Å². The molecule has 1 fully saturated rings. The van der Waals surface area contributed by atoms with Gasteiger partial charge in [0.2, 0.25) is 0 Å². The highest BCUT2D eigenvalue weighted by atomic mass is 35.5. The van der Waals surface area contributed by atoms with Gasteiger partial charge in [-0.05, 0) is 20.2 Å². The second-order valence-corrected chi connectivity index (χ2v) is 5.81. The Morgan fingerprint density at radius 2 is 2.05 bits per heavy atom. The number of nitrogens with zero attached hydrogens (tertiary/aromatic N) is 4. The zero-order valence-electron chi connectivity index (χ0n) is 12.4. The lowest BCUT2D eigenvalue weighted by Gasteiger charge is -2.36. The van der Waals surface area contributed by atoms with Crippen LogP contribution in [-0.4, -0.2) is 79.2 Å². The van der Waals surface area contributed by atoms with Crippen molar-refractivity contribution in [3.8, 4) is 0 Å². The molecule has 1 aromatic rings. The summed E-state index contributed by atoms with van der Waals surface area (Å²) in [5.41, 5.74) is 0.108. The molecule has 1 aromatic heterocycles. The molecule has 1 aliphatic heterocycles. The van der Waals surface area contributed by atoms with Crippen LogP contribution in [0.2, 0.25) is 5.02 Å². The first-order chi connectivity index (χ1) is 9.99. The molecule has 0 bridgehead atoms. The lowest BCUT2D eigenvalue weighted by molar-refractivity contribution is 0.0697. The molecule has 1 aliphatic rings. The molecule has 2 heterocycles. The number of halogens is 1. The Hall–Kier alpha value is -1.37. The summed E-state index contributed by atoms with van der Waals surface area (Å²) in [6.07, 6.45) is 1.50. The van der Waals surface area contributed by atoms with Gasteiger partial charge >= 0.3 is 5.97 Å². The number of carboxylic acids is 1. The van der Waals surface area contributed by atoms with E-state index in [2.05, 4.69) is 33.8 Å². The standard InChI is InChI=1S/C14H21ClN4O2/c1-17(2)5-6-18-7-9-19(10-8-18)13-12(15)11(14(20)21)3-4-16-13/h3-4H,5-10H2,1-2H3,(H,20,21). The number of carbonyl (C=O) groups is 1. The second kappa shape index (κ2) is 7.06. The quantitative estimate of drug-likeness (QED) is 0.879. The van der Waals surface area contributed by atoms with Crippen LogP contribution < -0.4 is 4.90 Å². The molecule has 0 aliphatic carbocycles. The molecule has 0 saturated carbocycles. The maximum Gasteiger partial charge on any atom is 0.337 e. The molecule has 2 rings (SSSR count). The molecule has 0 amide bonds. The van der Waals surface area contributed by atoms with Crippen molar-refractivity contribution in [2.24, 2.45) is 0 Å². The Balaban J connectivity index is 1.99. The first-order valence-electron chi connectivity index (χ1n) is 6.99. The number of piperazine rings is 1. The topological polar surface area (TPSA) is 59.9 Å². The average Bonchev–Trinajstić information content (AvgIpc) is 2.45. The van der Waals surface area contributed by atoms with E-state index >= 15 is 0 Å². The summed E-state index contributed by atoms with van der Waals surface area (Å²) in [6.45, 7) is 5.56. The SMILES string of the molecule is CN(C)CCN1CCN(c2nccc(C(=O)O)c2Cl)CC1. The molecule has 21 heavy (non-hydrogen) atoms. The molecule has 1 saturated heterocycles. The first-order valence-corrected chi connectivity index (χ1v) is 7.36. The Bertz CT molecular complexity index is 502. The molecule has 1 N–H and O–H groups in total. The lowest BCUT2D eigenvalue weighted by Crippen LogP contribution is -2.48. The van der Waals surface area contributed by atoms with Gasteiger partial charge in [-0.25, -0.2) is 9.78 Å². The van der Waals surface area contributed by atoms with E-state index in [0.29, 0.717) is 5.82 Å². The summed E-state index contributed by atoms with van der Waals surface area (Å²) < 4.78 is 0. The van der Waals surface area contributed by atoms with Crippen LogP contribution in [0.5, 0.6) is 0 Å². The predicted octanol–water partition coefficient (Wildman–Crippen LogP) is 1.12. The normalized spacial score (nSPS) is 16.5. The molecular weight excluding hydrogens is 292 g/mol. The van der Waals surface area contributed by atoms with Crippen molar-refractivity contribution in [2.75, 3.05) is 58.3 Å². The van der Waals surface area contributed by atoms with Gasteiger partial charge < -0.3 is 14.9 Å². The van der Waals surface area contributed by atoms with Crippen LogP contribution in [0, 0.1) is 0 Å². The van der Waals surface area contributed by atoms with Crippen molar-refractivity contribution < 1.29 is 9.90 Å². The minimum Gasteiger partial charge on any atom is -0.478 e. The molecule has 0 atom stereocenters. The van der Waals surface area contributed by atoms with Crippen LogP contribution in [0.1, 0.15) is 10.4 Å². The zero-order chi connectivity index (χ0) is 15.4. The van der Waals surface area contributed by atoms with Crippen LogP contribution in [0.25, 0.3) is 0 Å². The summed E-state index contributed by atoms with van der Waals surface area (Å²) in [6, 6.07) is 1.43. The summed E-state index contributed by atoms with van der Waals surface area (Å²) in [4.78, 5) is 22.0. The van der Waals surface area contributed by atoms with Crippen LogP contribution >= 0.6 is 11.6 Å². The van der Waals surface area contributed by atoms with E-state index in [-0.39, 0.29) is 10.6 Å². The van der Waals surface area contributed by atoms with Crippen molar-refractivity contribution in [2.45, 2.75) is 0 Å². The van der Waals surface area contributed by atoms with Gasteiger partial charge in [-0.15, -0.1) is 0 Å². The fraction of sp³-hybridized carbons (Fsp3) is 0.571. The first kappa shape index (κ1) is 16.0. The van der Waals surface area contributed by atoms with Gasteiger partial charge in [0.05, 0.1) is 10.6 Å². The second-order valence-electron chi connectivity index (χ2n) is 5.43. The van der Waals surface area contributed by atoms with E-state index in [1.54, 1.807) is 0 Å². The molecular formula is C14H21ClN4O2. The third-order valence-electron chi connectivity index (χ3n) is 3.64. The van der Waals surface area contributed by atoms with Crippen LogP contribution in [0.4, 0.5) is 5.82 Å². The maximum atomic E-state index is 11.1. The van der Waals surface area contributed by atoms with Gasteiger partial charge in [0.25, 0.3) is 0 Å². The number of likely N-dealkylation sites (N-methyl/N-ethyl adjacent to an activating group) is 1. The number of anilines is 1. The molecule has 0 unspecified atom stereocenters. The smallest absolute Gasteiger partial charge is 0.337 e. The van der Waals surface area contributed by atoms with Crippen molar-refractivity contribution in [1.82, 2.24) is 14.8 Å². The van der Waals surface area contributed by atoms with Crippen LogP contribution in [0.15, 0.2) is 12.3 Å². The van der Waals surface area contributed by atoms with Crippen LogP contribution in [0.3, 0.4) is 0 Å². The van der Waals surface area contributed by atoms with Crippen LogP contribution in [-0.2, 0) is 0 Å². The van der Waals surface area contributed by atoms with Gasteiger partial charge in [0.1, 0.15) is 5.82 Å². The van der Waals surface area contributed by atoms with Gasteiger partial charge in [0, 0.05) is 45.5 Å². The summed E-state index contributed by atoms with van der Waals surface area (Å²) in [5.74, 6) is -0.447. The molecule has 0 radical (unpaired) electrons. The molecule has 0 spiro atoms. The monoisotopic (exact) mass is 312 g/mol. The highest BCUT2D eigenvalue weighted by Gasteiger charge is 2.22. The fourth-order valence-corrected chi connectivity index (χ4v) is 2.66. The summed E-state index contributed by atoms with van der Waals surface area (Å²) in [5, 5.41) is 9.34. The number of aromatic nitrogens is 1. The third-order valence-corrected chi connectivity index (χ3v) is 4.01. The van der Waals surface area contributed by atoms with Gasteiger partial charge in [-0.1, -0.05) is 11.6 Å². The van der Waals surface area contributed by atoms with E-state index in [0.717, 1.165) is 39.3 Å². The average molecular weight is 313 g/mol. The summed E-state index contributed by atoms with van der Waals surface area (Å²) in [7, 11) is 4.13. The van der Waals surface area contributed by atoms with E-state index < -0.39 is 5.97 Å². The number of carboxylic acid groups (broad SMARTS) is 1. The maximum absolute atomic E-state index is 11.1. The molecule has 116 valence electrons. The Morgan fingerprint density at radius 1 is 1.38 bits per heavy atom. The fourth-order valence-electron chi connectivity index (χ4n) is 2.34. The van der Waals surface area contributed by atoms with Crippen molar-refractivity contribution in [3.63, 3.8) is 0 Å². The minimum atomic E-state index is -1.02.